The highest BCUT2D eigenvalue weighted by molar-refractivity contribution is 5.74. The molecule has 0 fully saturated rings. The average molecular weight is 186 g/mol. The van der Waals surface area contributed by atoms with Crippen molar-refractivity contribution in [3.8, 4) is 0 Å². The Morgan fingerprint density at radius 3 is 2.62 bits per heavy atom. The molecule has 13 heavy (non-hydrogen) atoms. The number of aliphatic hydroxyl groups excluding tert-OH is 1. The van der Waals surface area contributed by atoms with E-state index in [-0.39, 0.29) is 19.2 Å². The van der Waals surface area contributed by atoms with Gasteiger partial charge in [-0.1, -0.05) is 19.4 Å². The summed E-state index contributed by atoms with van der Waals surface area (Å²) in [5.41, 5.74) is 1.11. The zero-order chi connectivity index (χ0) is 10.3. The lowest BCUT2D eigenvalue weighted by molar-refractivity contribution is 0.237. The van der Waals surface area contributed by atoms with E-state index in [1.807, 2.05) is 6.92 Å². The number of hydrogen-bond donors (Lipinski definition) is 3. The molecule has 0 aromatic rings. The zero-order valence-electron chi connectivity index (χ0n) is 8.42. The highest BCUT2D eigenvalue weighted by Crippen LogP contribution is 2.05. The van der Waals surface area contributed by atoms with E-state index in [1.54, 1.807) is 6.20 Å². The van der Waals surface area contributed by atoms with E-state index in [1.165, 1.54) is 0 Å². The molecule has 0 heterocycles. The van der Waals surface area contributed by atoms with Crippen molar-refractivity contribution >= 4 is 6.03 Å². The van der Waals surface area contributed by atoms with Crippen LogP contribution in [0.4, 0.5) is 4.79 Å². The van der Waals surface area contributed by atoms with Crippen LogP contribution in [0.5, 0.6) is 0 Å². The van der Waals surface area contributed by atoms with E-state index in [4.69, 9.17) is 5.11 Å². The van der Waals surface area contributed by atoms with Gasteiger partial charge >= 0.3 is 6.03 Å². The molecule has 0 aliphatic heterocycles. The molecule has 4 nitrogen and oxygen atoms in total. The van der Waals surface area contributed by atoms with Crippen LogP contribution in [-0.4, -0.2) is 24.3 Å². The van der Waals surface area contributed by atoms with E-state index in [0.717, 1.165) is 5.57 Å². The lowest BCUT2D eigenvalue weighted by atomic mass is 10.1. The van der Waals surface area contributed by atoms with Crippen LogP contribution >= 0.6 is 0 Å². The molecule has 0 saturated carbocycles. The molecule has 0 radical (unpaired) electrons. The van der Waals surface area contributed by atoms with Crippen molar-refractivity contribution in [3.63, 3.8) is 0 Å². The maximum Gasteiger partial charge on any atom is 0.318 e. The van der Waals surface area contributed by atoms with Crippen molar-refractivity contribution in [2.24, 2.45) is 5.92 Å². The first-order valence-corrected chi connectivity index (χ1v) is 4.39. The molecule has 0 spiro atoms. The molecular formula is C9H18N2O2. The predicted octanol–water partition coefficient (Wildman–Crippen LogP) is 0.838. The Morgan fingerprint density at radius 2 is 2.15 bits per heavy atom. The zero-order valence-corrected chi connectivity index (χ0v) is 8.42. The summed E-state index contributed by atoms with van der Waals surface area (Å²) in [6, 6.07) is -0.283. The van der Waals surface area contributed by atoms with Crippen molar-refractivity contribution in [2.75, 3.05) is 13.2 Å². The summed E-state index contributed by atoms with van der Waals surface area (Å²) in [6.07, 6.45) is 1.68. The van der Waals surface area contributed by atoms with Crippen LogP contribution in [0.15, 0.2) is 11.8 Å². The molecule has 0 aromatic heterocycles. The molecule has 0 bridgehead atoms. The van der Waals surface area contributed by atoms with E-state index in [9.17, 15) is 4.79 Å². The van der Waals surface area contributed by atoms with Gasteiger partial charge in [0.05, 0.1) is 6.61 Å². The Morgan fingerprint density at radius 1 is 1.54 bits per heavy atom. The summed E-state index contributed by atoms with van der Waals surface area (Å²) in [5.74, 6) is 0.429. The number of allylic oxidation sites excluding steroid dienone is 1. The summed E-state index contributed by atoms with van der Waals surface area (Å²) >= 11 is 0. The maximum atomic E-state index is 11.0. The largest absolute Gasteiger partial charge is 0.395 e. The molecule has 4 heteroatoms. The van der Waals surface area contributed by atoms with Gasteiger partial charge in [0, 0.05) is 12.7 Å². The third-order valence-corrected chi connectivity index (χ3v) is 1.74. The molecule has 0 unspecified atom stereocenters. The van der Waals surface area contributed by atoms with Crippen LogP contribution in [0.3, 0.4) is 0 Å². The average Bonchev–Trinajstić information content (AvgIpc) is 2.10. The third-order valence-electron chi connectivity index (χ3n) is 1.74. The molecular weight excluding hydrogens is 168 g/mol. The Balaban J connectivity index is 3.74. The van der Waals surface area contributed by atoms with Gasteiger partial charge in [0.25, 0.3) is 0 Å². The SMILES string of the molecule is C/C(=C\NC(=O)NCCO)C(C)C. The summed E-state index contributed by atoms with van der Waals surface area (Å²) < 4.78 is 0. The molecule has 3 N–H and O–H groups in total. The Bertz CT molecular complexity index is 188. The van der Waals surface area contributed by atoms with Crippen molar-refractivity contribution in [2.45, 2.75) is 20.8 Å². The van der Waals surface area contributed by atoms with Crippen molar-refractivity contribution in [1.82, 2.24) is 10.6 Å². The van der Waals surface area contributed by atoms with Gasteiger partial charge in [-0.25, -0.2) is 4.79 Å². The summed E-state index contributed by atoms with van der Waals surface area (Å²) in [5, 5.41) is 13.5. The fraction of sp³-hybridized carbons (Fsp3) is 0.667. The first-order valence-electron chi connectivity index (χ1n) is 4.39. The summed E-state index contributed by atoms with van der Waals surface area (Å²) in [7, 11) is 0. The summed E-state index contributed by atoms with van der Waals surface area (Å²) in [4.78, 5) is 11.0. The minimum Gasteiger partial charge on any atom is -0.395 e. The van der Waals surface area contributed by atoms with E-state index >= 15 is 0 Å². The second-order valence-corrected chi connectivity index (χ2v) is 3.17. The molecule has 2 amide bonds. The standard InChI is InChI=1S/C9H18N2O2/c1-7(2)8(3)6-11-9(13)10-4-5-12/h6-7,12H,4-5H2,1-3H3,(H2,10,11,13)/b8-6+. The minimum absolute atomic E-state index is 0.0414. The normalized spacial score (nSPS) is 11.6. The van der Waals surface area contributed by atoms with Gasteiger partial charge in [0.15, 0.2) is 0 Å². The fourth-order valence-electron chi connectivity index (χ4n) is 0.567. The number of carbonyl (C=O) groups excluding carboxylic acids is 1. The summed E-state index contributed by atoms with van der Waals surface area (Å²) in [6.45, 7) is 6.30. The number of nitrogens with one attached hydrogen (secondary N) is 2. The van der Waals surface area contributed by atoms with Crippen LogP contribution in [0.25, 0.3) is 0 Å². The van der Waals surface area contributed by atoms with Crippen LogP contribution in [0.1, 0.15) is 20.8 Å². The molecule has 0 aliphatic rings. The van der Waals surface area contributed by atoms with E-state index in [0.29, 0.717) is 5.92 Å². The topological polar surface area (TPSA) is 61.4 Å². The van der Waals surface area contributed by atoms with Crippen LogP contribution in [0.2, 0.25) is 0 Å². The van der Waals surface area contributed by atoms with Gasteiger partial charge in [0.2, 0.25) is 0 Å². The molecule has 0 saturated heterocycles. The van der Waals surface area contributed by atoms with E-state index in [2.05, 4.69) is 24.5 Å². The number of hydrogen-bond acceptors (Lipinski definition) is 2. The number of urea groups is 1. The van der Waals surface area contributed by atoms with Gasteiger partial charge in [-0.3, -0.25) is 0 Å². The Hall–Kier alpha value is -1.03. The van der Waals surface area contributed by atoms with Crippen molar-refractivity contribution < 1.29 is 9.90 Å². The van der Waals surface area contributed by atoms with Gasteiger partial charge in [-0.2, -0.15) is 0 Å². The quantitative estimate of drug-likeness (QED) is 0.609. The maximum absolute atomic E-state index is 11.0. The first kappa shape index (κ1) is 12.0. The second kappa shape index (κ2) is 6.48. The van der Waals surface area contributed by atoms with Crippen LogP contribution < -0.4 is 10.6 Å². The number of rotatable bonds is 4. The molecule has 0 aromatic carbocycles. The molecule has 0 rings (SSSR count). The van der Waals surface area contributed by atoms with Gasteiger partial charge in [-0.15, -0.1) is 0 Å². The van der Waals surface area contributed by atoms with Crippen molar-refractivity contribution in [3.05, 3.63) is 11.8 Å². The molecule has 0 aliphatic carbocycles. The first-order chi connectivity index (χ1) is 6.07. The lowest BCUT2D eigenvalue weighted by Gasteiger charge is -2.06. The van der Waals surface area contributed by atoms with Gasteiger partial charge in [-0.05, 0) is 12.8 Å². The molecule has 76 valence electrons. The number of aliphatic hydroxyl groups is 1. The highest BCUT2D eigenvalue weighted by atomic mass is 16.3. The Labute approximate surface area is 79.0 Å². The monoisotopic (exact) mass is 186 g/mol. The fourth-order valence-corrected chi connectivity index (χ4v) is 0.567. The minimum atomic E-state index is -0.283. The van der Waals surface area contributed by atoms with Crippen molar-refractivity contribution in [1.29, 1.82) is 0 Å². The van der Waals surface area contributed by atoms with Gasteiger partial charge in [0.1, 0.15) is 0 Å². The lowest BCUT2D eigenvalue weighted by Crippen LogP contribution is -2.34. The second-order valence-electron chi connectivity index (χ2n) is 3.17. The van der Waals surface area contributed by atoms with E-state index < -0.39 is 0 Å². The number of amides is 2. The Kier molecular flexibility index (Phi) is 5.97. The van der Waals surface area contributed by atoms with Gasteiger partial charge < -0.3 is 15.7 Å². The van der Waals surface area contributed by atoms with Crippen LogP contribution in [-0.2, 0) is 0 Å². The highest BCUT2D eigenvalue weighted by Gasteiger charge is 1.98. The smallest absolute Gasteiger partial charge is 0.318 e. The third kappa shape index (κ3) is 6.16. The molecule has 0 atom stereocenters. The predicted molar refractivity (Wildman–Crippen MR) is 52.2 cm³/mol. The number of carbonyl (C=O) groups is 1. The van der Waals surface area contributed by atoms with Crippen LogP contribution in [0, 0.1) is 5.92 Å².